The van der Waals surface area contributed by atoms with Crippen molar-refractivity contribution >= 4 is 39.1 Å². The zero-order chi connectivity index (χ0) is 14.5. The van der Waals surface area contributed by atoms with Crippen molar-refractivity contribution in [1.29, 1.82) is 0 Å². The highest BCUT2D eigenvalue weighted by Crippen LogP contribution is 2.20. The largest absolute Gasteiger partial charge is 0.484 e. The van der Waals surface area contributed by atoms with E-state index in [0.29, 0.717) is 10.8 Å². The van der Waals surface area contributed by atoms with Gasteiger partial charge in [-0.15, -0.1) is 0 Å². The van der Waals surface area contributed by atoms with Gasteiger partial charge in [-0.1, -0.05) is 33.6 Å². The topological polar surface area (TPSA) is 38.3 Å². The highest BCUT2D eigenvalue weighted by atomic mass is 79.9. The Morgan fingerprint density at radius 2 is 2.10 bits per heavy atom. The molecule has 5 heteroatoms. The van der Waals surface area contributed by atoms with Gasteiger partial charge in [0.1, 0.15) is 5.75 Å². The van der Waals surface area contributed by atoms with E-state index in [1.807, 2.05) is 25.1 Å². The lowest BCUT2D eigenvalue weighted by Crippen LogP contribution is -2.20. The van der Waals surface area contributed by atoms with Gasteiger partial charge in [0, 0.05) is 15.2 Å². The molecule has 0 aliphatic rings. The predicted molar refractivity (Wildman–Crippen MR) is 84.5 cm³/mol. The summed E-state index contributed by atoms with van der Waals surface area (Å²) in [6, 6.07) is 12.6. The van der Waals surface area contributed by atoms with Crippen LogP contribution in [-0.2, 0) is 4.79 Å². The first-order valence-corrected chi connectivity index (χ1v) is 7.16. The first-order valence-electron chi connectivity index (χ1n) is 5.99. The zero-order valence-electron chi connectivity index (χ0n) is 10.8. The summed E-state index contributed by atoms with van der Waals surface area (Å²) in [4.78, 5) is 11.8. The molecule has 0 aliphatic carbocycles. The Kier molecular flexibility index (Phi) is 5.04. The van der Waals surface area contributed by atoms with Gasteiger partial charge in [-0.05, 0) is 48.9 Å². The third kappa shape index (κ3) is 4.25. The van der Waals surface area contributed by atoms with Crippen LogP contribution in [0, 0.1) is 6.92 Å². The van der Waals surface area contributed by atoms with Crippen LogP contribution in [0.3, 0.4) is 0 Å². The normalized spacial score (nSPS) is 10.2. The van der Waals surface area contributed by atoms with Crippen LogP contribution in [0.5, 0.6) is 5.75 Å². The maximum Gasteiger partial charge on any atom is 0.262 e. The number of benzene rings is 2. The molecule has 104 valence electrons. The van der Waals surface area contributed by atoms with E-state index >= 15 is 0 Å². The molecule has 0 aromatic heterocycles. The number of nitrogens with one attached hydrogen (secondary N) is 1. The zero-order valence-corrected chi connectivity index (χ0v) is 13.2. The number of aryl methyl sites for hydroxylation is 1. The summed E-state index contributed by atoms with van der Waals surface area (Å²) >= 11 is 9.22. The Balaban J connectivity index is 1.92. The molecule has 0 heterocycles. The number of hydrogen-bond acceptors (Lipinski definition) is 2. The van der Waals surface area contributed by atoms with Crippen molar-refractivity contribution in [3.63, 3.8) is 0 Å². The van der Waals surface area contributed by atoms with Gasteiger partial charge in [0.05, 0.1) is 0 Å². The van der Waals surface area contributed by atoms with Crippen LogP contribution in [0.25, 0.3) is 0 Å². The Labute approximate surface area is 131 Å². The van der Waals surface area contributed by atoms with Crippen LogP contribution >= 0.6 is 27.5 Å². The van der Waals surface area contributed by atoms with Crippen molar-refractivity contribution in [1.82, 2.24) is 0 Å². The number of rotatable bonds is 4. The minimum absolute atomic E-state index is 0.0597. The number of amides is 1. The standard InChI is InChI=1S/C15H13BrClNO2/c1-10-7-11(16)5-6-14(10)18-15(19)9-20-13-4-2-3-12(17)8-13/h2-8H,9H2,1H3,(H,18,19). The van der Waals surface area contributed by atoms with E-state index in [2.05, 4.69) is 21.2 Å². The number of hydrogen-bond donors (Lipinski definition) is 1. The average Bonchev–Trinajstić information content (AvgIpc) is 2.40. The molecule has 0 aliphatic heterocycles. The van der Waals surface area contributed by atoms with Crippen molar-refractivity contribution in [2.45, 2.75) is 6.92 Å². The molecule has 0 saturated carbocycles. The average molecular weight is 355 g/mol. The third-order valence-corrected chi connectivity index (χ3v) is 3.36. The number of carbonyl (C=O) groups is 1. The van der Waals surface area contributed by atoms with Crippen molar-refractivity contribution in [3.05, 3.63) is 57.5 Å². The van der Waals surface area contributed by atoms with Gasteiger partial charge < -0.3 is 10.1 Å². The molecule has 0 atom stereocenters. The van der Waals surface area contributed by atoms with Gasteiger partial charge in [-0.2, -0.15) is 0 Å². The molecule has 2 aromatic rings. The summed E-state index contributed by atoms with van der Waals surface area (Å²) in [5, 5.41) is 3.38. The van der Waals surface area contributed by atoms with E-state index in [1.54, 1.807) is 24.3 Å². The minimum Gasteiger partial charge on any atom is -0.484 e. The van der Waals surface area contributed by atoms with Crippen LogP contribution in [0.15, 0.2) is 46.9 Å². The molecule has 0 spiro atoms. The van der Waals surface area contributed by atoms with Gasteiger partial charge >= 0.3 is 0 Å². The first kappa shape index (κ1) is 14.9. The summed E-state index contributed by atoms with van der Waals surface area (Å²) in [5.41, 5.74) is 1.75. The highest BCUT2D eigenvalue weighted by Gasteiger charge is 2.06. The number of carbonyl (C=O) groups excluding carboxylic acids is 1. The monoisotopic (exact) mass is 353 g/mol. The molecule has 2 aromatic carbocycles. The summed E-state index contributed by atoms with van der Waals surface area (Å²) in [7, 11) is 0. The molecule has 0 unspecified atom stereocenters. The summed E-state index contributed by atoms with van der Waals surface area (Å²) in [5.74, 6) is 0.357. The maximum absolute atomic E-state index is 11.8. The number of anilines is 1. The van der Waals surface area contributed by atoms with Crippen LogP contribution in [0.1, 0.15) is 5.56 Å². The van der Waals surface area contributed by atoms with Crippen molar-refractivity contribution in [2.75, 3.05) is 11.9 Å². The molecule has 2 rings (SSSR count). The molecule has 1 N–H and O–H groups in total. The first-order chi connectivity index (χ1) is 9.54. The molecule has 0 bridgehead atoms. The second-order valence-corrected chi connectivity index (χ2v) is 5.61. The Morgan fingerprint density at radius 3 is 2.80 bits per heavy atom. The molecule has 0 fully saturated rings. The second-order valence-electron chi connectivity index (χ2n) is 4.25. The Bertz CT molecular complexity index is 631. The van der Waals surface area contributed by atoms with Gasteiger partial charge in [-0.25, -0.2) is 0 Å². The molecule has 1 amide bonds. The summed E-state index contributed by atoms with van der Waals surface area (Å²) < 4.78 is 6.35. The van der Waals surface area contributed by atoms with Crippen molar-refractivity contribution in [3.8, 4) is 5.75 Å². The fraction of sp³-hybridized carbons (Fsp3) is 0.133. The summed E-state index contributed by atoms with van der Waals surface area (Å²) in [6.45, 7) is 1.87. The highest BCUT2D eigenvalue weighted by molar-refractivity contribution is 9.10. The van der Waals surface area contributed by atoms with Crippen LogP contribution in [0.2, 0.25) is 5.02 Å². The fourth-order valence-electron chi connectivity index (χ4n) is 1.66. The van der Waals surface area contributed by atoms with Crippen molar-refractivity contribution in [2.24, 2.45) is 0 Å². The molecule has 3 nitrogen and oxygen atoms in total. The van der Waals surface area contributed by atoms with E-state index in [0.717, 1.165) is 15.7 Å². The van der Waals surface area contributed by atoms with E-state index in [1.165, 1.54) is 0 Å². The molecule has 20 heavy (non-hydrogen) atoms. The second kappa shape index (κ2) is 6.77. The quantitative estimate of drug-likeness (QED) is 0.882. The lowest BCUT2D eigenvalue weighted by Gasteiger charge is -2.10. The van der Waals surface area contributed by atoms with E-state index in [9.17, 15) is 4.79 Å². The summed E-state index contributed by atoms with van der Waals surface area (Å²) in [6.07, 6.45) is 0. The Morgan fingerprint density at radius 1 is 1.30 bits per heavy atom. The van der Waals surface area contributed by atoms with Gasteiger partial charge in [0.2, 0.25) is 0 Å². The van der Waals surface area contributed by atoms with E-state index in [4.69, 9.17) is 16.3 Å². The van der Waals surface area contributed by atoms with Crippen molar-refractivity contribution < 1.29 is 9.53 Å². The SMILES string of the molecule is Cc1cc(Br)ccc1NC(=O)COc1cccc(Cl)c1. The third-order valence-electron chi connectivity index (χ3n) is 2.63. The van der Waals surface area contributed by atoms with Crippen LogP contribution in [-0.4, -0.2) is 12.5 Å². The van der Waals surface area contributed by atoms with Gasteiger partial charge in [-0.3, -0.25) is 4.79 Å². The molecular formula is C15H13BrClNO2. The lowest BCUT2D eigenvalue weighted by molar-refractivity contribution is -0.118. The molecular weight excluding hydrogens is 342 g/mol. The predicted octanol–water partition coefficient (Wildman–Crippen LogP) is 4.43. The fourth-order valence-corrected chi connectivity index (χ4v) is 2.32. The minimum atomic E-state index is -0.213. The van der Waals surface area contributed by atoms with E-state index in [-0.39, 0.29) is 12.5 Å². The maximum atomic E-state index is 11.8. The number of halogens is 2. The van der Waals surface area contributed by atoms with Gasteiger partial charge in [0.25, 0.3) is 5.91 Å². The van der Waals surface area contributed by atoms with Crippen LogP contribution in [0.4, 0.5) is 5.69 Å². The van der Waals surface area contributed by atoms with E-state index < -0.39 is 0 Å². The van der Waals surface area contributed by atoms with Gasteiger partial charge in [0.15, 0.2) is 6.61 Å². The molecule has 0 saturated heterocycles. The number of ether oxygens (including phenoxy) is 1. The smallest absolute Gasteiger partial charge is 0.262 e. The lowest BCUT2D eigenvalue weighted by atomic mass is 10.2. The molecule has 0 radical (unpaired) electrons. The Hall–Kier alpha value is -1.52. The van der Waals surface area contributed by atoms with Crippen LogP contribution < -0.4 is 10.1 Å².